The second-order valence-corrected chi connectivity index (χ2v) is 10.6. The minimum absolute atomic E-state index is 0.0906. The zero-order chi connectivity index (χ0) is 30.9. The molecule has 4 N–H and O–H groups in total. The van der Waals surface area contributed by atoms with E-state index in [4.69, 9.17) is 9.47 Å². The first-order chi connectivity index (χ1) is 21.4. The van der Waals surface area contributed by atoms with Gasteiger partial charge in [-0.1, -0.05) is 36.4 Å². The third-order valence-corrected chi connectivity index (χ3v) is 7.58. The van der Waals surface area contributed by atoms with Crippen LogP contribution in [0.3, 0.4) is 0 Å². The number of rotatable bonds is 11. The third-order valence-electron chi connectivity index (χ3n) is 6.57. The summed E-state index contributed by atoms with van der Waals surface area (Å²) in [5, 5.41) is 9.40. The van der Waals surface area contributed by atoms with Crippen molar-refractivity contribution in [1.29, 1.82) is 0 Å². The SMILES string of the molecule is COc1cc(NC(=O)CSc2ccc(NC(=O)/C(=C\c3c[nH]c4ccccc34)NC(=O)c3ccccc3)cc2)cc(OC)c1. The molecular weight excluding hydrogens is 576 g/mol. The topological polar surface area (TPSA) is 122 Å². The number of aromatic amines is 1. The Morgan fingerprint density at radius 2 is 1.48 bits per heavy atom. The number of anilines is 2. The summed E-state index contributed by atoms with van der Waals surface area (Å²) in [6.45, 7) is 0. The first-order valence-corrected chi connectivity index (χ1v) is 14.6. The third kappa shape index (κ3) is 7.67. The Kier molecular flexibility index (Phi) is 9.63. The van der Waals surface area contributed by atoms with Crippen LogP contribution in [0, 0.1) is 0 Å². The molecule has 5 aromatic rings. The van der Waals surface area contributed by atoms with E-state index in [2.05, 4.69) is 20.9 Å². The summed E-state index contributed by atoms with van der Waals surface area (Å²) in [6.07, 6.45) is 3.44. The van der Waals surface area contributed by atoms with Gasteiger partial charge in [-0.05, 0) is 48.5 Å². The fourth-order valence-corrected chi connectivity index (χ4v) is 5.07. The summed E-state index contributed by atoms with van der Waals surface area (Å²) in [7, 11) is 3.09. The Morgan fingerprint density at radius 3 is 2.18 bits per heavy atom. The minimum atomic E-state index is -0.479. The number of H-pyrrole nitrogens is 1. The Labute approximate surface area is 258 Å². The van der Waals surface area contributed by atoms with E-state index in [1.54, 1.807) is 81.1 Å². The highest BCUT2D eigenvalue weighted by atomic mass is 32.2. The summed E-state index contributed by atoms with van der Waals surface area (Å²) in [6, 6.07) is 28.7. The molecule has 44 heavy (non-hydrogen) atoms. The number of fused-ring (bicyclic) bond motifs is 1. The Balaban J connectivity index is 1.25. The van der Waals surface area contributed by atoms with Crippen molar-refractivity contribution in [2.45, 2.75) is 4.90 Å². The predicted octanol–water partition coefficient (Wildman–Crippen LogP) is 6.33. The first-order valence-electron chi connectivity index (χ1n) is 13.6. The van der Waals surface area contributed by atoms with Crippen LogP contribution in [0.4, 0.5) is 11.4 Å². The number of carbonyl (C=O) groups excluding carboxylic acids is 3. The van der Waals surface area contributed by atoms with Crippen LogP contribution in [-0.2, 0) is 9.59 Å². The van der Waals surface area contributed by atoms with Crippen LogP contribution in [0.1, 0.15) is 15.9 Å². The molecule has 0 saturated heterocycles. The molecule has 1 heterocycles. The molecule has 0 fully saturated rings. The van der Waals surface area contributed by atoms with Crippen molar-refractivity contribution in [2.24, 2.45) is 0 Å². The molecule has 0 unspecified atom stereocenters. The fourth-order valence-electron chi connectivity index (χ4n) is 4.37. The van der Waals surface area contributed by atoms with E-state index >= 15 is 0 Å². The predicted molar refractivity (Wildman–Crippen MR) is 174 cm³/mol. The molecule has 3 amide bonds. The summed E-state index contributed by atoms with van der Waals surface area (Å²) in [5.74, 6) is 0.253. The molecule has 0 radical (unpaired) electrons. The molecular formula is C34H30N4O5S. The lowest BCUT2D eigenvalue weighted by atomic mass is 10.1. The van der Waals surface area contributed by atoms with Crippen molar-refractivity contribution < 1.29 is 23.9 Å². The molecule has 0 bridgehead atoms. The second-order valence-electron chi connectivity index (χ2n) is 9.58. The van der Waals surface area contributed by atoms with E-state index in [9.17, 15) is 14.4 Å². The van der Waals surface area contributed by atoms with Gasteiger partial charge in [0.2, 0.25) is 5.91 Å². The van der Waals surface area contributed by atoms with Crippen molar-refractivity contribution in [2.75, 3.05) is 30.6 Å². The average Bonchev–Trinajstić information content (AvgIpc) is 3.46. The molecule has 4 aromatic carbocycles. The van der Waals surface area contributed by atoms with E-state index < -0.39 is 11.8 Å². The maximum atomic E-state index is 13.4. The summed E-state index contributed by atoms with van der Waals surface area (Å²) in [5.41, 5.74) is 3.30. The van der Waals surface area contributed by atoms with Crippen LogP contribution in [0.5, 0.6) is 11.5 Å². The lowest BCUT2D eigenvalue weighted by Gasteiger charge is -2.12. The second kappa shape index (κ2) is 14.1. The van der Waals surface area contributed by atoms with Gasteiger partial charge in [-0.3, -0.25) is 14.4 Å². The lowest BCUT2D eigenvalue weighted by Crippen LogP contribution is -2.30. The normalized spacial score (nSPS) is 11.1. The number of hydrogen-bond donors (Lipinski definition) is 4. The average molecular weight is 607 g/mol. The van der Waals surface area contributed by atoms with Crippen molar-refractivity contribution in [3.05, 3.63) is 120 Å². The molecule has 0 spiro atoms. The number of ether oxygens (including phenoxy) is 2. The van der Waals surface area contributed by atoms with Gasteiger partial charge < -0.3 is 30.4 Å². The van der Waals surface area contributed by atoms with E-state index in [-0.39, 0.29) is 17.4 Å². The number of methoxy groups -OCH3 is 2. The van der Waals surface area contributed by atoms with Gasteiger partial charge in [-0.15, -0.1) is 11.8 Å². The largest absolute Gasteiger partial charge is 0.497 e. The van der Waals surface area contributed by atoms with Gasteiger partial charge in [-0.2, -0.15) is 0 Å². The van der Waals surface area contributed by atoms with Gasteiger partial charge in [0, 0.05) is 62.7 Å². The Bertz CT molecular complexity index is 1790. The zero-order valence-electron chi connectivity index (χ0n) is 24.0. The summed E-state index contributed by atoms with van der Waals surface area (Å²) >= 11 is 1.35. The van der Waals surface area contributed by atoms with Crippen LogP contribution >= 0.6 is 11.8 Å². The van der Waals surface area contributed by atoms with Crippen molar-refractivity contribution in [1.82, 2.24) is 10.3 Å². The van der Waals surface area contributed by atoms with Gasteiger partial charge >= 0.3 is 0 Å². The molecule has 10 heteroatoms. The van der Waals surface area contributed by atoms with Crippen LogP contribution in [0.25, 0.3) is 17.0 Å². The van der Waals surface area contributed by atoms with Gasteiger partial charge in [0.1, 0.15) is 17.2 Å². The standard InChI is InChI=1S/C34H30N4O5S/c1-42-26-17-25(18-27(19-26)43-2)36-32(39)21-44-28-14-12-24(13-15-28)37-34(41)31(38-33(40)22-8-4-3-5-9-22)16-23-20-35-30-11-7-6-10-29(23)30/h3-20,35H,21H2,1-2H3,(H,36,39)(H,37,41)(H,38,40)/b31-16+. The molecule has 1 aromatic heterocycles. The molecule has 0 aliphatic rings. The number of benzene rings is 4. The van der Waals surface area contributed by atoms with Crippen LogP contribution in [0.15, 0.2) is 114 Å². The minimum Gasteiger partial charge on any atom is -0.497 e. The number of thioether (sulfide) groups is 1. The quantitative estimate of drug-likeness (QED) is 0.103. The Hall–Kier alpha value is -5.48. The van der Waals surface area contributed by atoms with Gasteiger partial charge in [0.15, 0.2) is 0 Å². The van der Waals surface area contributed by atoms with Crippen LogP contribution in [0.2, 0.25) is 0 Å². The summed E-state index contributed by atoms with van der Waals surface area (Å²) in [4.78, 5) is 43.0. The lowest BCUT2D eigenvalue weighted by molar-refractivity contribution is -0.114. The molecule has 0 saturated carbocycles. The maximum absolute atomic E-state index is 13.4. The smallest absolute Gasteiger partial charge is 0.272 e. The van der Waals surface area contributed by atoms with E-state index in [1.807, 2.05) is 42.5 Å². The fraction of sp³-hybridized carbons (Fsp3) is 0.0882. The van der Waals surface area contributed by atoms with Crippen LogP contribution in [-0.4, -0.2) is 42.7 Å². The van der Waals surface area contributed by atoms with Crippen molar-refractivity contribution >= 4 is 57.8 Å². The highest BCUT2D eigenvalue weighted by Crippen LogP contribution is 2.27. The highest BCUT2D eigenvalue weighted by molar-refractivity contribution is 8.00. The van der Waals surface area contributed by atoms with E-state index in [1.165, 1.54) is 11.8 Å². The molecule has 0 aliphatic carbocycles. The molecule has 0 aliphatic heterocycles. The molecule has 5 rings (SSSR count). The maximum Gasteiger partial charge on any atom is 0.272 e. The molecule has 222 valence electrons. The molecule has 0 atom stereocenters. The highest BCUT2D eigenvalue weighted by Gasteiger charge is 2.16. The first kappa shape index (κ1) is 30.0. The molecule has 9 nitrogen and oxygen atoms in total. The number of carbonyl (C=O) groups is 3. The Morgan fingerprint density at radius 1 is 0.795 bits per heavy atom. The monoisotopic (exact) mass is 606 g/mol. The number of nitrogens with one attached hydrogen (secondary N) is 4. The number of para-hydroxylation sites is 1. The van der Waals surface area contributed by atoms with Gasteiger partial charge in [-0.25, -0.2) is 0 Å². The van der Waals surface area contributed by atoms with E-state index in [0.29, 0.717) is 28.4 Å². The van der Waals surface area contributed by atoms with Gasteiger partial charge in [0.25, 0.3) is 11.8 Å². The van der Waals surface area contributed by atoms with Gasteiger partial charge in [0.05, 0.1) is 20.0 Å². The zero-order valence-corrected chi connectivity index (χ0v) is 24.9. The number of aromatic nitrogens is 1. The summed E-state index contributed by atoms with van der Waals surface area (Å²) < 4.78 is 10.5. The van der Waals surface area contributed by atoms with E-state index in [0.717, 1.165) is 21.4 Å². The van der Waals surface area contributed by atoms with Crippen LogP contribution < -0.4 is 25.4 Å². The van der Waals surface area contributed by atoms with Crippen molar-refractivity contribution in [3.8, 4) is 11.5 Å². The van der Waals surface area contributed by atoms with Crippen molar-refractivity contribution in [3.63, 3.8) is 0 Å². The number of hydrogen-bond acceptors (Lipinski definition) is 6. The number of amides is 3.